The Bertz CT molecular complexity index is 280. The van der Waals surface area contributed by atoms with E-state index in [1.165, 1.54) is 38.9 Å². The average molecular weight is 283 g/mol. The van der Waals surface area contributed by atoms with Crippen LogP contribution in [0.4, 0.5) is 0 Å². The molecule has 2 unspecified atom stereocenters. The van der Waals surface area contributed by atoms with Crippen LogP contribution in [-0.4, -0.2) is 37.1 Å². The first-order valence-electron chi connectivity index (χ1n) is 8.62. The summed E-state index contributed by atoms with van der Waals surface area (Å²) in [4.78, 5) is 2.72. The number of hydrogen-bond acceptors (Lipinski definition) is 2. The second-order valence-electron chi connectivity index (χ2n) is 8.68. The van der Waals surface area contributed by atoms with Gasteiger partial charge in [-0.2, -0.15) is 0 Å². The van der Waals surface area contributed by atoms with Gasteiger partial charge in [0.25, 0.3) is 0 Å². The van der Waals surface area contributed by atoms with E-state index in [2.05, 4.69) is 58.7 Å². The molecule has 1 rings (SSSR count). The Labute approximate surface area is 127 Å². The van der Waals surface area contributed by atoms with Crippen molar-refractivity contribution in [3.63, 3.8) is 0 Å². The minimum Gasteiger partial charge on any atom is -0.314 e. The molecule has 0 radical (unpaired) electrons. The maximum Gasteiger partial charge on any atom is 0.00476 e. The number of nitrogens with one attached hydrogen (secondary N) is 1. The van der Waals surface area contributed by atoms with Gasteiger partial charge in [-0.1, -0.05) is 54.9 Å². The van der Waals surface area contributed by atoms with Crippen molar-refractivity contribution >= 4 is 0 Å². The monoisotopic (exact) mass is 282 g/mol. The third kappa shape index (κ3) is 5.73. The van der Waals surface area contributed by atoms with Crippen LogP contribution >= 0.6 is 0 Å². The maximum absolute atomic E-state index is 3.66. The van der Waals surface area contributed by atoms with Gasteiger partial charge in [0.1, 0.15) is 0 Å². The molecular formula is C18H38N2. The minimum atomic E-state index is 0.422. The fraction of sp³-hybridized carbons (Fsp3) is 1.00. The first-order chi connectivity index (χ1) is 9.16. The van der Waals surface area contributed by atoms with E-state index in [4.69, 9.17) is 0 Å². The molecule has 0 aromatic heterocycles. The van der Waals surface area contributed by atoms with Gasteiger partial charge in [-0.25, -0.2) is 0 Å². The van der Waals surface area contributed by atoms with Gasteiger partial charge in [0.05, 0.1) is 0 Å². The van der Waals surface area contributed by atoms with Crippen LogP contribution in [0.1, 0.15) is 67.7 Å². The van der Waals surface area contributed by atoms with Gasteiger partial charge in [-0.15, -0.1) is 0 Å². The molecule has 1 aliphatic heterocycles. The molecule has 0 aromatic carbocycles. The van der Waals surface area contributed by atoms with Crippen molar-refractivity contribution in [2.45, 2.75) is 73.8 Å². The lowest BCUT2D eigenvalue weighted by Gasteiger charge is -2.35. The van der Waals surface area contributed by atoms with Crippen LogP contribution in [0, 0.1) is 16.7 Å². The van der Waals surface area contributed by atoms with Crippen LogP contribution < -0.4 is 5.32 Å². The van der Waals surface area contributed by atoms with Gasteiger partial charge in [-0.05, 0) is 36.1 Å². The van der Waals surface area contributed by atoms with E-state index in [0.29, 0.717) is 16.9 Å². The molecule has 0 saturated carbocycles. The molecule has 120 valence electrons. The first-order valence-corrected chi connectivity index (χ1v) is 8.62. The molecule has 1 aliphatic rings. The molecule has 1 fully saturated rings. The highest BCUT2D eigenvalue weighted by Gasteiger charge is 2.35. The normalized spacial score (nSPS) is 24.3. The van der Waals surface area contributed by atoms with Crippen LogP contribution in [0.25, 0.3) is 0 Å². The fourth-order valence-corrected chi connectivity index (χ4v) is 3.50. The lowest BCUT2D eigenvalue weighted by atomic mass is 9.80. The molecule has 1 heterocycles. The second kappa shape index (κ2) is 7.26. The Hall–Kier alpha value is -0.0800. The maximum atomic E-state index is 3.66. The highest BCUT2D eigenvalue weighted by Crippen LogP contribution is 2.35. The van der Waals surface area contributed by atoms with E-state index in [0.717, 1.165) is 12.5 Å². The minimum absolute atomic E-state index is 0.422. The second-order valence-corrected chi connectivity index (χ2v) is 8.68. The number of hydrogen-bond donors (Lipinski definition) is 1. The van der Waals surface area contributed by atoms with Gasteiger partial charge in [-0.3, -0.25) is 0 Å². The Morgan fingerprint density at radius 2 is 1.85 bits per heavy atom. The first kappa shape index (κ1) is 18.0. The van der Waals surface area contributed by atoms with Gasteiger partial charge >= 0.3 is 0 Å². The van der Waals surface area contributed by atoms with Gasteiger partial charge in [0.2, 0.25) is 0 Å². The van der Waals surface area contributed by atoms with E-state index in [1.54, 1.807) is 0 Å². The SMILES string of the molecule is CCCC(C)(CNC(C)C)CN1CCC(C(C)(C)C)C1. The van der Waals surface area contributed by atoms with E-state index in [9.17, 15) is 0 Å². The Morgan fingerprint density at radius 3 is 2.30 bits per heavy atom. The van der Waals surface area contributed by atoms with E-state index < -0.39 is 0 Å². The quantitative estimate of drug-likeness (QED) is 0.754. The summed E-state index contributed by atoms with van der Waals surface area (Å²) in [6.45, 7) is 21.5. The third-order valence-electron chi connectivity index (χ3n) is 4.89. The summed E-state index contributed by atoms with van der Waals surface area (Å²) < 4.78 is 0. The topological polar surface area (TPSA) is 15.3 Å². The van der Waals surface area contributed by atoms with Gasteiger partial charge < -0.3 is 10.2 Å². The zero-order valence-electron chi connectivity index (χ0n) is 15.1. The summed E-state index contributed by atoms with van der Waals surface area (Å²) in [5, 5.41) is 3.66. The largest absolute Gasteiger partial charge is 0.314 e. The molecule has 0 amide bonds. The van der Waals surface area contributed by atoms with Crippen molar-refractivity contribution in [1.29, 1.82) is 0 Å². The summed E-state index contributed by atoms with van der Waals surface area (Å²) in [6.07, 6.45) is 3.99. The lowest BCUT2D eigenvalue weighted by Crippen LogP contribution is -2.43. The van der Waals surface area contributed by atoms with Gasteiger partial charge in [0.15, 0.2) is 0 Å². The van der Waals surface area contributed by atoms with Crippen molar-refractivity contribution in [2.24, 2.45) is 16.7 Å². The van der Waals surface area contributed by atoms with Crippen LogP contribution in [0.2, 0.25) is 0 Å². The predicted octanol–water partition coefficient (Wildman–Crippen LogP) is 4.16. The molecule has 0 spiro atoms. The standard InChI is InChI=1S/C18H38N2/c1-8-10-18(7,13-19-15(2)3)14-20-11-9-16(12-20)17(4,5)6/h15-16,19H,8-14H2,1-7H3. The van der Waals surface area contributed by atoms with Gasteiger partial charge in [0, 0.05) is 25.7 Å². The third-order valence-corrected chi connectivity index (χ3v) is 4.89. The molecule has 0 aliphatic carbocycles. The van der Waals surface area contributed by atoms with Crippen molar-refractivity contribution < 1.29 is 0 Å². The van der Waals surface area contributed by atoms with Crippen LogP contribution in [0.3, 0.4) is 0 Å². The lowest BCUT2D eigenvalue weighted by molar-refractivity contribution is 0.153. The number of rotatable bonds is 7. The molecule has 2 heteroatoms. The van der Waals surface area contributed by atoms with Crippen molar-refractivity contribution in [3.8, 4) is 0 Å². The summed E-state index contributed by atoms with van der Waals surface area (Å²) in [5.74, 6) is 0.867. The van der Waals surface area contributed by atoms with Crippen molar-refractivity contribution in [2.75, 3.05) is 26.2 Å². The molecule has 0 bridgehead atoms. The van der Waals surface area contributed by atoms with E-state index in [1.807, 2.05) is 0 Å². The summed E-state index contributed by atoms with van der Waals surface area (Å²) in [5.41, 5.74) is 0.887. The van der Waals surface area contributed by atoms with Crippen molar-refractivity contribution in [3.05, 3.63) is 0 Å². The van der Waals surface area contributed by atoms with E-state index in [-0.39, 0.29) is 0 Å². The molecule has 1 N–H and O–H groups in total. The Morgan fingerprint density at radius 1 is 1.20 bits per heavy atom. The van der Waals surface area contributed by atoms with Crippen LogP contribution in [0.15, 0.2) is 0 Å². The Balaban J connectivity index is 2.54. The molecule has 2 nitrogen and oxygen atoms in total. The molecular weight excluding hydrogens is 244 g/mol. The zero-order valence-corrected chi connectivity index (χ0v) is 15.1. The summed E-state index contributed by atoms with van der Waals surface area (Å²) in [6, 6.07) is 0.590. The molecule has 0 aromatic rings. The number of nitrogens with zero attached hydrogens (tertiary/aromatic N) is 1. The average Bonchev–Trinajstić information content (AvgIpc) is 2.75. The fourth-order valence-electron chi connectivity index (χ4n) is 3.50. The van der Waals surface area contributed by atoms with Crippen LogP contribution in [-0.2, 0) is 0 Å². The highest BCUT2D eigenvalue weighted by atomic mass is 15.2. The number of likely N-dealkylation sites (tertiary alicyclic amines) is 1. The van der Waals surface area contributed by atoms with Crippen LogP contribution in [0.5, 0.6) is 0 Å². The smallest absolute Gasteiger partial charge is 0.00476 e. The summed E-state index contributed by atoms with van der Waals surface area (Å²) in [7, 11) is 0. The van der Waals surface area contributed by atoms with Crippen molar-refractivity contribution in [1.82, 2.24) is 10.2 Å². The van der Waals surface area contributed by atoms with E-state index >= 15 is 0 Å². The molecule has 20 heavy (non-hydrogen) atoms. The summed E-state index contributed by atoms with van der Waals surface area (Å²) >= 11 is 0. The highest BCUT2D eigenvalue weighted by molar-refractivity contribution is 4.88. The molecule has 2 atom stereocenters. The Kier molecular flexibility index (Phi) is 6.53. The molecule has 1 saturated heterocycles. The predicted molar refractivity (Wildman–Crippen MR) is 90.2 cm³/mol. The zero-order chi connectivity index (χ0) is 15.4.